The molecule has 1 fully saturated rings. The van der Waals surface area contributed by atoms with Gasteiger partial charge in [-0.15, -0.1) is 11.3 Å². The van der Waals surface area contributed by atoms with E-state index < -0.39 is 0 Å². The van der Waals surface area contributed by atoms with Gasteiger partial charge in [0.1, 0.15) is 4.88 Å². The van der Waals surface area contributed by atoms with Crippen molar-refractivity contribution in [3.63, 3.8) is 0 Å². The summed E-state index contributed by atoms with van der Waals surface area (Å²) in [4.78, 5) is 17.3. The second-order valence-electron chi connectivity index (χ2n) is 5.10. The Balaban J connectivity index is 1.77. The maximum atomic E-state index is 12.6. The van der Waals surface area contributed by atoms with Crippen LogP contribution in [-0.4, -0.2) is 60.1 Å². The zero-order valence-corrected chi connectivity index (χ0v) is 13.2. The zero-order chi connectivity index (χ0) is 14.8. The van der Waals surface area contributed by atoms with E-state index in [1.165, 1.54) is 11.3 Å². The molecule has 4 nitrogen and oxygen atoms in total. The second kappa shape index (κ2) is 6.32. The van der Waals surface area contributed by atoms with Gasteiger partial charge in [-0.05, 0) is 6.07 Å². The van der Waals surface area contributed by atoms with Gasteiger partial charge in [0.15, 0.2) is 0 Å². The van der Waals surface area contributed by atoms with Gasteiger partial charge in [0, 0.05) is 42.8 Å². The van der Waals surface area contributed by atoms with E-state index >= 15 is 0 Å². The second-order valence-corrected chi connectivity index (χ2v) is 6.53. The van der Waals surface area contributed by atoms with Crippen molar-refractivity contribution in [3.8, 4) is 0 Å². The van der Waals surface area contributed by atoms with Gasteiger partial charge in [-0.1, -0.05) is 29.8 Å². The number of thiophene rings is 1. The van der Waals surface area contributed by atoms with Gasteiger partial charge in [0.25, 0.3) is 5.91 Å². The number of carbonyl (C=O) groups excluding carboxylic acids is 1. The third kappa shape index (κ3) is 2.92. The number of hydrogen-bond donors (Lipinski definition) is 1. The average molecular weight is 325 g/mol. The van der Waals surface area contributed by atoms with Crippen LogP contribution in [-0.2, 0) is 0 Å². The monoisotopic (exact) mass is 324 g/mol. The van der Waals surface area contributed by atoms with E-state index in [4.69, 9.17) is 16.7 Å². The van der Waals surface area contributed by atoms with E-state index in [2.05, 4.69) is 4.90 Å². The summed E-state index contributed by atoms with van der Waals surface area (Å²) in [6, 6.07) is 7.83. The molecule has 0 radical (unpaired) electrons. The van der Waals surface area contributed by atoms with E-state index in [1.807, 2.05) is 29.2 Å². The first-order valence-corrected chi connectivity index (χ1v) is 8.19. The lowest BCUT2D eigenvalue weighted by atomic mass is 10.2. The molecule has 1 aromatic heterocycles. The molecule has 0 atom stereocenters. The maximum Gasteiger partial charge on any atom is 0.265 e. The van der Waals surface area contributed by atoms with Gasteiger partial charge in [0.2, 0.25) is 0 Å². The predicted octanol–water partition coefficient (Wildman–Crippen LogP) is 2.30. The fraction of sp³-hybridized carbons (Fsp3) is 0.400. The summed E-state index contributed by atoms with van der Waals surface area (Å²) in [5.41, 5.74) is 0. The summed E-state index contributed by atoms with van der Waals surface area (Å²) in [7, 11) is 0. The van der Waals surface area contributed by atoms with Gasteiger partial charge in [-0.25, -0.2) is 0 Å². The molecule has 1 aliphatic heterocycles. The van der Waals surface area contributed by atoms with E-state index in [1.54, 1.807) is 0 Å². The van der Waals surface area contributed by atoms with E-state index in [0.717, 1.165) is 23.2 Å². The van der Waals surface area contributed by atoms with Crippen molar-refractivity contribution in [1.82, 2.24) is 9.80 Å². The maximum absolute atomic E-state index is 12.6. The molecule has 112 valence electrons. The molecule has 1 N–H and O–H groups in total. The van der Waals surface area contributed by atoms with Crippen molar-refractivity contribution >= 4 is 38.9 Å². The van der Waals surface area contributed by atoms with E-state index in [-0.39, 0.29) is 12.5 Å². The number of fused-ring (bicyclic) bond motifs is 1. The van der Waals surface area contributed by atoms with Crippen LogP contribution in [0.5, 0.6) is 0 Å². The number of nitrogens with zero attached hydrogens (tertiary/aromatic N) is 2. The third-order valence-corrected chi connectivity index (χ3v) is 5.47. The Kier molecular flexibility index (Phi) is 4.45. The number of rotatable bonds is 3. The molecule has 2 heterocycles. The van der Waals surface area contributed by atoms with Crippen LogP contribution in [0.1, 0.15) is 9.67 Å². The number of benzene rings is 1. The summed E-state index contributed by atoms with van der Waals surface area (Å²) in [6.07, 6.45) is 0. The summed E-state index contributed by atoms with van der Waals surface area (Å²) < 4.78 is 1.05. The summed E-state index contributed by atoms with van der Waals surface area (Å²) in [5.74, 6) is 0.0184. The minimum absolute atomic E-state index is 0.0184. The highest BCUT2D eigenvalue weighted by Gasteiger charge is 2.25. The number of aliphatic hydroxyl groups is 1. The highest BCUT2D eigenvalue weighted by atomic mass is 35.5. The fourth-order valence-electron chi connectivity index (χ4n) is 2.61. The quantitative estimate of drug-likeness (QED) is 0.942. The SMILES string of the molecule is O=C(c1sc2ccccc2c1Cl)N1CCN(CCO)CC1. The first-order chi connectivity index (χ1) is 10.2. The first-order valence-electron chi connectivity index (χ1n) is 7.00. The lowest BCUT2D eigenvalue weighted by molar-refractivity contribution is 0.0620. The first kappa shape index (κ1) is 14.8. The fourth-order valence-corrected chi connectivity index (χ4v) is 4.09. The summed E-state index contributed by atoms with van der Waals surface area (Å²) in [6.45, 7) is 3.80. The Morgan fingerprint density at radius 1 is 1.24 bits per heavy atom. The molecule has 1 amide bonds. The molecular weight excluding hydrogens is 308 g/mol. The molecule has 21 heavy (non-hydrogen) atoms. The number of piperazine rings is 1. The minimum Gasteiger partial charge on any atom is -0.395 e. The van der Waals surface area contributed by atoms with Crippen molar-refractivity contribution in [2.45, 2.75) is 0 Å². The van der Waals surface area contributed by atoms with Crippen LogP contribution in [0, 0.1) is 0 Å². The normalized spacial score (nSPS) is 16.6. The van der Waals surface area contributed by atoms with Crippen LogP contribution in [0.4, 0.5) is 0 Å². The Morgan fingerprint density at radius 3 is 2.62 bits per heavy atom. The van der Waals surface area contributed by atoms with Gasteiger partial charge >= 0.3 is 0 Å². The van der Waals surface area contributed by atoms with Gasteiger partial charge < -0.3 is 10.0 Å². The molecular formula is C15H17ClN2O2S. The molecule has 1 saturated heterocycles. The Bertz CT molecular complexity index is 650. The Hall–Kier alpha value is -1.14. The molecule has 3 rings (SSSR count). The van der Waals surface area contributed by atoms with Crippen molar-refractivity contribution in [3.05, 3.63) is 34.2 Å². The minimum atomic E-state index is 0.0184. The van der Waals surface area contributed by atoms with E-state index in [0.29, 0.717) is 29.5 Å². The molecule has 6 heteroatoms. The number of amides is 1. The number of β-amino-alcohol motifs (C(OH)–C–C–N with tert-alkyl or cyclic N) is 1. The van der Waals surface area contributed by atoms with Crippen LogP contribution >= 0.6 is 22.9 Å². The third-order valence-electron chi connectivity index (χ3n) is 3.80. The lowest BCUT2D eigenvalue weighted by Crippen LogP contribution is -2.49. The van der Waals surface area contributed by atoms with E-state index in [9.17, 15) is 4.79 Å². The molecule has 0 aliphatic carbocycles. The molecule has 0 unspecified atom stereocenters. The molecule has 2 aromatic rings. The zero-order valence-electron chi connectivity index (χ0n) is 11.6. The summed E-state index contributed by atoms with van der Waals surface area (Å²) >= 11 is 7.83. The van der Waals surface area contributed by atoms with Crippen molar-refractivity contribution in [2.75, 3.05) is 39.3 Å². The summed E-state index contributed by atoms with van der Waals surface area (Å²) in [5, 5.41) is 10.5. The lowest BCUT2D eigenvalue weighted by Gasteiger charge is -2.34. The number of aliphatic hydroxyl groups excluding tert-OH is 1. The largest absolute Gasteiger partial charge is 0.395 e. The van der Waals surface area contributed by atoms with Crippen LogP contribution in [0.25, 0.3) is 10.1 Å². The van der Waals surface area contributed by atoms with Gasteiger partial charge in [0.05, 0.1) is 11.6 Å². The predicted molar refractivity (Wildman–Crippen MR) is 86.3 cm³/mol. The molecule has 0 spiro atoms. The van der Waals surface area contributed by atoms with Gasteiger partial charge in [-0.3, -0.25) is 9.69 Å². The smallest absolute Gasteiger partial charge is 0.265 e. The van der Waals surface area contributed by atoms with Crippen molar-refractivity contribution in [2.24, 2.45) is 0 Å². The van der Waals surface area contributed by atoms with Crippen molar-refractivity contribution < 1.29 is 9.90 Å². The molecule has 0 saturated carbocycles. The highest BCUT2D eigenvalue weighted by molar-refractivity contribution is 7.21. The van der Waals surface area contributed by atoms with Crippen LogP contribution in [0.2, 0.25) is 5.02 Å². The number of hydrogen-bond acceptors (Lipinski definition) is 4. The Morgan fingerprint density at radius 2 is 1.95 bits per heavy atom. The molecule has 1 aromatic carbocycles. The van der Waals surface area contributed by atoms with Crippen LogP contribution < -0.4 is 0 Å². The highest BCUT2D eigenvalue weighted by Crippen LogP contribution is 2.35. The number of carbonyl (C=O) groups is 1. The topological polar surface area (TPSA) is 43.8 Å². The van der Waals surface area contributed by atoms with Crippen molar-refractivity contribution in [1.29, 1.82) is 0 Å². The number of halogens is 1. The average Bonchev–Trinajstić information content (AvgIpc) is 2.85. The standard InChI is InChI=1S/C15H17ClN2O2S/c16-13-11-3-1-2-4-12(11)21-14(13)15(20)18-7-5-17(6-8-18)9-10-19/h1-4,19H,5-10H2. The van der Waals surface area contributed by atoms with Crippen LogP contribution in [0.3, 0.4) is 0 Å². The van der Waals surface area contributed by atoms with Gasteiger partial charge in [-0.2, -0.15) is 0 Å². The van der Waals surface area contributed by atoms with Crippen LogP contribution in [0.15, 0.2) is 24.3 Å². The molecule has 0 bridgehead atoms. The Labute approximate surface area is 132 Å². The molecule has 1 aliphatic rings.